The Labute approximate surface area is 123 Å². The number of hydrogen-bond acceptors (Lipinski definition) is 3. The van der Waals surface area contributed by atoms with Gasteiger partial charge in [0.1, 0.15) is 0 Å². The van der Waals surface area contributed by atoms with E-state index in [1.165, 1.54) is 0 Å². The van der Waals surface area contributed by atoms with Gasteiger partial charge in [0.05, 0.1) is 11.7 Å². The minimum atomic E-state index is -0.631. The topological polar surface area (TPSA) is 68.0 Å². The largest absolute Gasteiger partial charge is 0.322 e. The van der Waals surface area contributed by atoms with Gasteiger partial charge in [-0.3, -0.25) is 4.79 Å². The quantitative estimate of drug-likeness (QED) is 0.850. The lowest BCUT2D eigenvalue weighted by atomic mass is 10.1. The number of carbonyl (C=O) groups excluding carboxylic acids is 1. The number of aryl methyl sites for hydroxylation is 1. The smallest absolute Gasteiger partial charge is 0.241 e. The van der Waals surface area contributed by atoms with Gasteiger partial charge in [0, 0.05) is 6.20 Å². The van der Waals surface area contributed by atoms with Crippen LogP contribution in [0.1, 0.15) is 11.1 Å². The highest BCUT2D eigenvalue weighted by atomic mass is 35.5. The second-order valence-electron chi connectivity index (χ2n) is 4.58. The molecule has 1 atom stereocenters. The normalized spacial score (nSPS) is 11.9. The van der Waals surface area contributed by atoms with Crippen LogP contribution in [0.15, 0.2) is 42.6 Å². The molecule has 0 saturated carbocycles. The molecule has 1 amide bonds. The van der Waals surface area contributed by atoms with Gasteiger partial charge in [-0.2, -0.15) is 0 Å². The zero-order chi connectivity index (χ0) is 14.5. The number of hydrogen-bond donors (Lipinski definition) is 2. The summed E-state index contributed by atoms with van der Waals surface area (Å²) in [5.41, 5.74) is 8.31. The molecule has 0 radical (unpaired) electrons. The van der Waals surface area contributed by atoms with Crippen molar-refractivity contribution in [2.75, 3.05) is 5.32 Å². The third kappa shape index (κ3) is 3.56. The van der Waals surface area contributed by atoms with Gasteiger partial charge >= 0.3 is 0 Å². The molecular formula is C15H16ClN3O. The molecule has 0 fully saturated rings. The molecule has 1 aromatic heterocycles. The molecule has 0 saturated heterocycles. The molecule has 1 aromatic carbocycles. The molecule has 4 nitrogen and oxygen atoms in total. The van der Waals surface area contributed by atoms with Crippen LogP contribution in [0.2, 0.25) is 5.15 Å². The van der Waals surface area contributed by atoms with E-state index in [0.717, 1.165) is 11.1 Å². The number of rotatable bonds is 4. The van der Waals surface area contributed by atoms with Crippen molar-refractivity contribution < 1.29 is 4.79 Å². The van der Waals surface area contributed by atoms with Crippen molar-refractivity contribution in [1.82, 2.24) is 4.98 Å². The van der Waals surface area contributed by atoms with Crippen molar-refractivity contribution in [3.8, 4) is 0 Å². The van der Waals surface area contributed by atoms with Gasteiger partial charge in [-0.25, -0.2) is 4.98 Å². The zero-order valence-electron chi connectivity index (χ0n) is 11.1. The summed E-state index contributed by atoms with van der Waals surface area (Å²) < 4.78 is 0. The van der Waals surface area contributed by atoms with E-state index < -0.39 is 6.04 Å². The van der Waals surface area contributed by atoms with Crippen molar-refractivity contribution in [2.45, 2.75) is 19.4 Å². The van der Waals surface area contributed by atoms with Crippen molar-refractivity contribution in [3.05, 3.63) is 58.9 Å². The number of aromatic nitrogens is 1. The van der Waals surface area contributed by atoms with E-state index in [1.54, 1.807) is 12.3 Å². The molecule has 0 aliphatic rings. The van der Waals surface area contributed by atoms with Crippen molar-refractivity contribution in [3.63, 3.8) is 0 Å². The van der Waals surface area contributed by atoms with Crippen LogP contribution >= 0.6 is 11.6 Å². The number of nitrogens with one attached hydrogen (secondary N) is 1. The van der Waals surface area contributed by atoms with Gasteiger partial charge in [0.2, 0.25) is 5.91 Å². The molecular weight excluding hydrogens is 274 g/mol. The van der Waals surface area contributed by atoms with Crippen LogP contribution in [0, 0.1) is 6.92 Å². The summed E-state index contributed by atoms with van der Waals surface area (Å²) in [5.74, 6) is -0.271. The summed E-state index contributed by atoms with van der Waals surface area (Å²) in [6.45, 7) is 1.85. The number of benzene rings is 1. The Kier molecular flexibility index (Phi) is 4.71. The fraction of sp³-hybridized carbons (Fsp3) is 0.200. The fourth-order valence-corrected chi connectivity index (χ4v) is 2.10. The minimum absolute atomic E-state index is 0.269. The van der Waals surface area contributed by atoms with E-state index in [0.29, 0.717) is 12.1 Å². The van der Waals surface area contributed by atoms with E-state index in [9.17, 15) is 4.79 Å². The van der Waals surface area contributed by atoms with Crippen molar-refractivity contribution in [2.24, 2.45) is 5.73 Å². The first-order chi connectivity index (χ1) is 9.58. The third-order valence-corrected chi connectivity index (χ3v) is 3.28. The van der Waals surface area contributed by atoms with Gasteiger partial charge < -0.3 is 11.1 Å². The van der Waals surface area contributed by atoms with Crippen LogP contribution in [0.4, 0.5) is 5.69 Å². The molecule has 1 heterocycles. The Morgan fingerprint density at radius 2 is 2.05 bits per heavy atom. The molecule has 0 aliphatic heterocycles. The number of anilines is 1. The molecule has 2 rings (SSSR count). The van der Waals surface area contributed by atoms with Crippen LogP contribution in [0.25, 0.3) is 0 Å². The summed E-state index contributed by atoms with van der Waals surface area (Å²) in [6, 6.07) is 10.8. The summed E-state index contributed by atoms with van der Waals surface area (Å²) >= 11 is 5.97. The second kappa shape index (κ2) is 6.50. The second-order valence-corrected chi connectivity index (χ2v) is 4.94. The highest BCUT2D eigenvalue weighted by molar-refractivity contribution is 6.32. The molecule has 2 aromatic rings. The number of halogens is 1. The first kappa shape index (κ1) is 14.5. The lowest BCUT2D eigenvalue weighted by Gasteiger charge is -2.14. The average Bonchev–Trinajstić information content (AvgIpc) is 2.44. The molecule has 0 bridgehead atoms. The van der Waals surface area contributed by atoms with E-state index >= 15 is 0 Å². The van der Waals surface area contributed by atoms with Crippen LogP contribution in [0.3, 0.4) is 0 Å². The van der Waals surface area contributed by atoms with E-state index in [-0.39, 0.29) is 11.1 Å². The Hall–Kier alpha value is -1.91. The molecule has 0 unspecified atom stereocenters. The lowest BCUT2D eigenvalue weighted by molar-refractivity contribution is -0.117. The van der Waals surface area contributed by atoms with E-state index in [1.807, 2.05) is 37.3 Å². The van der Waals surface area contributed by atoms with Crippen LogP contribution < -0.4 is 11.1 Å². The standard InChI is InChI=1S/C15H16ClN3O/c1-10-7-8-18-14(16)13(10)19-15(20)12(17)9-11-5-3-2-4-6-11/h2-8,12H,9,17H2,1H3,(H,19,20)/t12-/m0/s1. The molecule has 3 N–H and O–H groups in total. The zero-order valence-corrected chi connectivity index (χ0v) is 11.9. The van der Waals surface area contributed by atoms with Crippen molar-refractivity contribution >= 4 is 23.2 Å². The predicted octanol–water partition coefficient (Wildman–Crippen LogP) is 2.55. The maximum atomic E-state index is 12.1. The van der Waals surface area contributed by atoms with Crippen molar-refractivity contribution in [1.29, 1.82) is 0 Å². The maximum absolute atomic E-state index is 12.1. The summed E-state index contributed by atoms with van der Waals surface area (Å²) in [7, 11) is 0. The molecule has 0 aliphatic carbocycles. The summed E-state index contributed by atoms with van der Waals surface area (Å²) in [5, 5.41) is 3.01. The average molecular weight is 290 g/mol. The van der Waals surface area contributed by atoms with Crippen LogP contribution in [0.5, 0.6) is 0 Å². The third-order valence-electron chi connectivity index (χ3n) is 3.00. The number of carbonyl (C=O) groups is 1. The highest BCUT2D eigenvalue weighted by Crippen LogP contribution is 2.22. The number of amides is 1. The van der Waals surface area contributed by atoms with Gasteiger partial charge in [0.25, 0.3) is 0 Å². The minimum Gasteiger partial charge on any atom is -0.322 e. The number of nitrogens with zero attached hydrogens (tertiary/aromatic N) is 1. The van der Waals surface area contributed by atoms with Gasteiger partial charge in [-0.1, -0.05) is 41.9 Å². The predicted molar refractivity (Wildman–Crippen MR) is 80.7 cm³/mol. The Morgan fingerprint density at radius 1 is 1.35 bits per heavy atom. The first-order valence-corrected chi connectivity index (χ1v) is 6.67. The molecule has 104 valence electrons. The molecule has 20 heavy (non-hydrogen) atoms. The van der Waals surface area contributed by atoms with Gasteiger partial charge in [-0.05, 0) is 30.5 Å². The summed E-state index contributed by atoms with van der Waals surface area (Å²) in [4.78, 5) is 16.0. The monoisotopic (exact) mass is 289 g/mol. The lowest BCUT2D eigenvalue weighted by Crippen LogP contribution is -2.37. The van der Waals surface area contributed by atoms with E-state index in [2.05, 4.69) is 10.3 Å². The summed E-state index contributed by atoms with van der Waals surface area (Å²) in [6.07, 6.45) is 2.07. The van der Waals surface area contributed by atoms with Gasteiger partial charge in [-0.15, -0.1) is 0 Å². The SMILES string of the molecule is Cc1ccnc(Cl)c1NC(=O)[C@@H](N)Cc1ccccc1. The Bertz CT molecular complexity index is 581. The maximum Gasteiger partial charge on any atom is 0.241 e. The first-order valence-electron chi connectivity index (χ1n) is 6.29. The Balaban J connectivity index is 2.05. The number of pyridine rings is 1. The fourth-order valence-electron chi connectivity index (χ4n) is 1.85. The Morgan fingerprint density at radius 3 is 2.70 bits per heavy atom. The van der Waals surface area contributed by atoms with Crippen LogP contribution in [-0.2, 0) is 11.2 Å². The molecule has 0 spiro atoms. The van der Waals surface area contributed by atoms with E-state index in [4.69, 9.17) is 17.3 Å². The molecule has 5 heteroatoms. The highest BCUT2D eigenvalue weighted by Gasteiger charge is 2.16. The van der Waals surface area contributed by atoms with Crippen LogP contribution in [-0.4, -0.2) is 16.9 Å². The van der Waals surface area contributed by atoms with Gasteiger partial charge in [0.15, 0.2) is 5.15 Å². The number of nitrogens with two attached hydrogens (primary N) is 1.